The molecule has 0 radical (unpaired) electrons. The highest BCUT2D eigenvalue weighted by molar-refractivity contribution is 5.95. The zero-order valence-corrected chi connectivity index (χ0v) is 44.9. The van der Waals surface area contributed by atoms with Crippen LogP contribution in [0.2, 0.25) is 0 Å². The van der Waals surface area contributed by atoms with Crippen molar-refractivity contribution in [3.63, 3.8) is 0 Å². The normalized spacial score (nSPS) is 20.5. The lowest BCUT2D eigenvalue weighted by atomic mass is 10.00. The Balaban J connectivity index is 1.58. The third-order valence-corrected chi connectivity index (χ3v) is 11.7. The molecule has 0 unspecified atom stereocenters. The van der Waals surface area contributed by atoms with Gasteiger partial charge in [-0.25, -0.2) is 19.0 Å². The molecule has 1 aliphatic rings. The summed E-state index contributed by atoms with van der Waals surface area (Å²) in [6.45, 7) is 13.1. The summed E-state index contributed by atoms with van der Waals surface area (Å²) in [5, 5.41) is 37.9. The number of rotatable bonds is 6. The Kier molecular flexibility index (Phi) is 19.8. The number of aryl methyl sites for hydroxylation is 2. The van der Waals surface area contributed by atoms with Crippen molar-refractivity contribution in [1.29, 1.82) is 0 Å². The minimum Gasteiger partial charge on any atom is -0.496 e. The number of hydrogen-bond acceptors (Lipinski definition) is 16. The van der Waals surface area contributed by atoms with Crippen LogP contribution in [0, 0.1) is 0 Å². The highest BCUT2D eigenvalue weighted by Crippen LogP contribution is 2.34. The molecule has 5 rings (SSSR count). The van der Waals surface area contributed by atoms with Gasteiger partial charge in [0.1, 0.15) is 59.0 Å². The smallest absolute Gasteiger partial charge is 0.408 e. The van der Waals surface area contributed by atoms with Crippen LogP contribution in [0.3, 0.4) is 0 Å². The van der Waals surface area contributed by atoms with Crippen LogP contribution in [-0.2, 0) is 51.3 Å². The van der Waals surface area contributed by atoms with Crippen molar-refractivity contribution in [3.05, 3.63) is 59.9 Å². The quantitative estimate of drug-likeness (QED) is 0.137. The molecule has 26 nitrogen and oxygen atoms in total. The van der Waals surface area contributed by atoms with E-state index in [1.807, 2.05) is 0 Å². The van der Waals surface area contributed by atoms with Crippen molar-refractivity contribution in [2.45, 2.75) is 142 Å². The zero-order chi connectivity index (χ0) is 56.1. The van der Waals surface area contributed by atoms with Gasteiger partial charge in [0.25, 0.3) is 0 Å². The first-order valence-corrected chi connectivity index (χ1v) is 24.6. The first-order chi connectivity index (χ1) is 35.9. The van der Waals surface area contributed by atoms with E-state index < -0.39 is 95.1 Å². The van der Waals surface area contributed by atoms with Gasteiger partial charge in [0.05, 0.1) is 38.0 Å². The summed E-state index contributed by atoms with van der Waals surface area (Å²) in [5.41, 5.74) is 0.484. The Morgan fingerprint density at radius 3 is 1.28 bits per heavy atom. The molecule has 4 aromatic rings. The molecule has 1 aliphatic heterocycles. The second kappa shape index (κ2) is 25.8. The number of fused-ring (bicyclic) bond motifs is 8. The van der Waals surface area contributed by atoms with Crippen molar-refractivity contribution < 1.29 is 57.3 Å². The topological polar surface area (TPSA) is 331 Å². The Hall–Kier alpha value is -8.32. The van der Waals surface area contributed by atoms with E-state index in [1.54, 1.807) is 77.9 Å². The summed E-state index contributed by atoms with van der Waals surface area (Å²) in [4.78, 5) is 109. The number of likely N-dealkylation sites (N-methyl/N-ethyl adjacent to an activating group) is 2. The van der Waals surface area contributed by atoms with E-state index in [0.29, 0.717) is 45.1 Å². The molecule has 4 bridgehead atoms. The number of nitrogens with zero attached hydrogens (tertiary/aromatic N) is 6. The van der Waals surface area contributed by atoms with Gasteiger partial charge in [-0.1, -0.05) is 22.6 Å². The monoisotopic (exact) mass is 1060 g/mol. The largest absolute Gasteiger partial charge is 0.496 e. The first kappa shape index (κ1) is 58.6. The van der Waals surface area contributed by atoms with Gasteiger partial charge >= 0.3 is 12.2 Å². The number of alkyl carbamates (subject to hydrolysis) is 2. The van der Waals surface area contributed by atoms with E-state index in [-0.39, 0.29) is 38.8 Å². The molecule has 0 saturated heterocycles. The summed E-state index contributed by atoms with van der Waals surface area (Å²) in [5.74, 6) is -3.42. The van der Waals surface area contributed by atoms with Gasteiger partial charge in [-0.15, -0.1) is 10.2 Å². The van der Waals surface area contributed by atoms with Crippen LogP contribution in [0.15, 0.2) is 48.8 Å². The minimum atomic E-state index is -1.30. The first-order valence-electron chi connectivity index (χ1n) is 24.6. The second-order valence-corrected chi connectivity index (χ2v) is 19.9. The van der Waals surface area contributed by atoms with Crippen LogP contribution in [0.1, 0.15) is 104 Å². The van der Waals surface area contributed by atoms with Crippen LogP contribution in [0.25, 0.3) is 22.5 Å². The maximum Gasteiger partial charge on any atom is 0.408 e. The molecule has 8 N–H and O–H groups in total. The maximum atomic E-state index is 14.0. The van der Waals surface area contributed by atoms with E-state index in [1.165, 1.54) is 63.9 Å². The molecule has 6 atom stereocenters. The third-order valence-electron chi connectivity index (χ3n) is 11.7. The highest BCUT2D eigenvalue weighted by Gasteiger charge is 2.33. The number of carbonyl (C=O) groups excluding carboxylic acids is 8. The zero-order valence-electron chi connectivity index (χ0n) is 44.9. The van der Waals surface area contributed by atoms with Crippen molar-refractivity contribution >= 4 is 47.6 Å². The van der Waals surface area contributed by atoms with Crippen LogP contribution >= 0.6 is 0 Å². The van der Waals surface area contributed by atoms with E-state index >= 15 is 0 Å². The summed E-state index contributed by atoms with van der Waals surface area (Å²) >= 11 is 0. The predicted octanol–water partition coefficient (Wildman–Crippen LogP) is 2.10. The van der Waals surface area contributed by atoms with E-state index in [9.17, 15) is 38.4 Å². The van der Waals surface area contributed by atoms with Gasteiger partial charge < -0.3 is 61.5 Å². The van der Waals surface area contributed by atoms with Crippen LogP contribution in [0.5, 0.6) is 11.5 Å². The van der Waals surface area contributed by atoms with E-state index in [4.69, 9.17) is 18.9 Å². The highest BCUT2D eigenvalue weighted by atomic mass is 16.6. The van der Waals surface area contributed by atoms with Crippen LogP contribution in [0.4, 0.5) is 9.59 Å². The van der Waals surface area contributed by atoms with Crippen molar-refractivity contribution in [3.8, 4) is 34.0 Å². The number of benzene rings is 2. The predicted molar refractivity (Wildman–Crippen MR) is 274 cm³/mol. The average molecular weight is 1060 g/mol. The van der Waals surface area contributed by atoms with Gasteiger partial charge in [-0.05, 0) is 116 Å². The number of aromatic nitrogens is 6. The average Bonchev–Trinajstić information content (AvgIpc) is 4.04. The Labute approximate surface area is 440 Å². The summed E-state index contributed by atoms with van der Waals surface area (Å²) in [6.07, 6.45) is 1.58. The number of methoxy groups -OCH3 is 2. The number of carbonyl (C=O) groups is 8. The fraction of sp³-hybridized carbons (Fsp3) is 0.520. The van der Waals surface area contributed by atoms with Gasteiger partial charge in [0.15, 0.2) is 0 Å². The van der Waals surface area contributed by atoms with Gasteiger partial charge in [-0.2, -0.15) is 0 Å². The standard InChI is InChI=1S/C50H70N14O12/c1-27-41(65)59-39(45(69)51-9)29-17-19-37(73-11)31(23-29)35-25-53-62-64(35)22-14-16-34(58-48(72)76-50(6,7)8)44(68)56-28(2)42(66)60-40(46(70)52-10)30-18-20-38(74-12)32(24-30)36-26-54-61-63(36)21-13-15-33(43(67)55-27)57-47(71)75-49(3,4)5/h17-20,23-28,33-34,39-40H,13-16,21-22H2,1-12H3,(H,51,69)(H,52,70)(H,55,67)(H,56,68)(H,57,71)(H,58,72)(H,59,65)(H,60,66)/t27-,28-,33+,34+,39+,40+/m1/s1. The SMILES string of the molecule is CNC(=O)[C@H]1NC(=O)[C@@H](C)NC(=O)[C@@H](NC(=O)OC(C)(C)C)CCCn2nncc2-c2cc(ccc2OC)[C@@H](C(=O)NC)NC(=O)[C@@H](C)NC(=O)[C@@H](NC(=O)OC(C)(C)C)CCCn2nncc2-c2cc1ccc2OC. The van der Waals surface area contributed by atoms with Gasteiger partial charge in [0, 0.05) is 38.3 Å². The molecule has 2 aromatic carbocycles. The molecule has 0 saturated carbocycles. The molecular formula is C50H70N14O12. The van der Waals surface area contributed by atoms with E-state index in [0.717, 1.165) is 0 Å². The molecule has 0 spiro atoms. The molecule has 2 aromatic heterocycles. The van der Waals surface area contributed by atoms with Crippen LogP contribution < -0.4 is 52.0 Å². The summed E-state index contributed by atoms with van der Waals surface area (Å²) in [6, 6.07) is 2.06. The summed E-state index contributed by atoms with van der Waals surface area (Å²) < 4.78 is 25.4. The fourth-order valence-corrected chi connectivity index (χ4v) is 7.98. The number of ether oxygens (including phenoxy) is 4. The fourth-order valence-electron chi connectivity index (χ4n) is 7.98. The van der Waals surface area contributed by atoms with Crippen molar-refractivity contribution in [2.24, 2.45) is 0 Å². The second-order valence-electron chi connectivity index (χ2n) is 19.9. The lowest BCUT2D eigenvalue weighted by molar-refractivity contribution is -0.132. The molecular weight excluding hydrogens is 989 g/mol. The van der Waals surface area contributed by atoms with Gasteiger partial charge in [-0.3, -0.25) is 28.8 Å². The van der Waals surface area contributed by atoms with Gasteiger partial charge in [0.2, 0.25) is 35.4 Å². The van der Waals surface area contributed by atoms with Crippen molar-refractivity contribution in [2.75, 3.05) is 28.3 Å². The number of hydrogen-bond donors (Lipinski definition) is 8. The third kappa shape index (κ3) is 15.8. The summed E-state index contributed by atoms with van der Waals surface area (Å²) in [7, 11) is 5.69. The number of amides is 8. The van der Waals surface area contributed by atoms with Crippen LogP contribution in [-0.4, -0.2) is 141 Å². The molecule has 412 valence electrons. The molecule has 26 heteroatoms. The lowest BCUT2D eigenvalue weighted by Crippen LogP contribution is -2.54. The molecule has 8 amide bonds. The van der Waals surface area contributed by atoms with E-state index in [2.05, 4.69) is 63.2 Å². The minimum absolute atomic E-state index is 0.00807. The Morgan fingerprint density at radius 1 is 0.579 bits per heavy atom. The molecule has 0 aliphatic carbocycles. The lowest BCUT2D eigenvalue weighted by Gasteiger charge is -2.26. The Morgan fingerprint density at radius 2 is 0.947 bits per heavy atom. The maximum absolute atomic E-state index is 14.0. The number of nitrogens with one attached hydrogen (secondary N) is 8. The molecule has 3 heterocycles. The molecule has 76 heavy (non-hydrogen) atoms. The molecule has 0 fully saturated rings. The Bertz CT molecular complexity index is 2560. The van der Waals surface area contributed by atoms with Crippen molar-refractivity contribution in [1.82, 2.24) is 72.5 Å².